The number of hydrogen-bond acceptors (Lipinski definition) is 5. The predicted octanol–water partition coefficient (Wildman–Crippen LogP) is 2.23. The molecule has 1 aromatic carbocycles. The van der Waals surface area contributed by atoms with E-state index < -0.39 is 22.3 Å². The fourth-order valence-corrected chi connectivity index (χ4v) is 2.78. The second-order valence-corrected chi connectivity index (χ2v) is 6.35. The quantitative estimate of drug-likeness (QED) is 0.656. The predicted molar refractivity (Wildman–Crippen MR) is 79.8 cm³/mol. The summed E-state index contributed by atoms with van der Waals surface area (Å²) in [5, 5.41) is 23.1. The number of benzene rings is 1. The molecule has 2 atom stereocenters. The van der Waals surface area contributed by atoms with Gasteiger partial charge >= 0.3 is 5.69 Å². The van der Waals surface area contributed by atoms with Crippen LogP contribution >= 0.6 is 0 Å². The van der Waals surface area contributed by atoms with E-state index in [9.17, 15) is 20.0 Å². The van der Waals surface area contributed by atoms with Crippen molar-refractivity contribution in [1.82, 2.24) is 5.32 Å². The minimum Gasteiger partial charge on any atom is -0.502 e. The Bertz CT molecular complexity index is 628. The van der Waals surface area contributed by atoms with Crippen LogP contribution in [-0.2, 0) is 4.74 Å². The van der Waals surface area contributed by atoms with Crippen LogP contribution in [0.4, 0.5) is 5.69 Å². The monoisotopic (exact) mass is 308 g/mol. The van der Waals surface area contributed by atoms with Gasteiger partial charge < -0.3 is 15.2 Å². The molecule has 0 radical (unpaired) electrons. The van der Waals surface area contributed by atoms with E-state index in [4.69, 9.17) is 4.74 Å². The summed E-state index contributed by atoms with van der Waals surface area (Å²) in [4.78, 5) is 22.4. The molecule has 2 rings (SSSR count). The van der Waals surface area contributed by atoms with E-state index in [1.165, 1.54) is 6.07 Å². The highest BCUT2D eigenvalue weighted by atomic mass is 16.6. The van der Waals surface area contributed by atoms with Gasteiger partial charge in [-0.2, -0.15) is 0 Å². The standard InChI is InChI=1S/C15H20N2O5/c1-14(2)12(8-15(14,3)22-4)16-13(19)9-5-6-11(18)10(7-9)17(20)21/h5-7,12,18H,8H2,1-4H3,(H,16,19). The first-order valence-electron chi connectivity index (χ1n) is 6.96. The Morgan fingerprint density at radius 3 is 2.59 bits per heavy atom. The first kappa shape index (κ1) is 16.2. The van der Waals surface area contributed by atoms with Crippen LogP contribution in [0.15, 0.2) is 18.2 Å². The lowest BCUT2D eigenvalue weighted by molar-refractivity contribution is -0.385. The molecule has 0 aliphatic heterocycles. The van der Waals surface area contributed by atoms with Crippen LogP contribution in [0, 0.1) is 15.5 Å². The average molecular weight is 308 g/mol. The number of phenolic OH excluding ortho intramolecular Hbond substituents is 1. The fraction of sp³-hybridized carbons (Fsp3) is 0.533. The first-order valence-corrected chi connectivity index (χ1v) is 6.96. The maximum atomic E-state index is 12.3. The number of hydrogen-bond donors (Lipinski definition) is 2. The summed E-state index contributed by atoms with van der Waals surface area (Å²) >= 11 is 0. The van der Waals surface area contributed by atoms with Crippen molar-refractivity contribution in [1.29, 1.82) is 0 Å². The molecule has 0 saturated heterocycles. The number of carbonyl (C=O) groups is 1. The highest BCUT2D eigenvalue weighted by Crippen LogP contribution is 2.51. The highest BCUT2D eigenvalue weighted by Gasteiger charge is 2.58. The maximum absolute atomic E-state index is 12.3. The molecule has 0 bridgehead atoms. The summed E-state index contributed by atoms with van der Waals surface area (Å²) in [6.07, 6.45) is 0.669. The number of aromatic hydroxyl groups is 1. The highest BCUT2D eigenvalue weighted by molar-refractivity contribution is 5.95. The van der Waals surface area contributed by atoms with Crippen LogP contribution in [0.5, 0.6) is 5.75 Å². The van der Waals surface area contributed by atoms with Crippen molar-refractivity contribution in [3.8, 4) is 5.75 Å². The molecule has 7 heteroatoms. The van der Waals surface area contributed by atoms with Gasteiger partial charge in [-0.3, -0.25) is 14.9 Å². The van der Waals surface area contributed by atoms with Gasteiger partial charge in [0.2, 0.25) is 0 Å². The smallest absolute Gasteiger partial charge is 0.311 e. The number of nitro benzene ring substituents is 1. The van der Waals surface area contributed by atoms with Crippen molar-refractivity contribution in [3.63, 3.8) is 0 Å². The second kappa shape index (κ2) is 5.24. The van der Waals surface area contributed by atoms with Crippen molar-refractivity contribution in [2.75, 3.05) is 7.11 Å². The van der Waals surface area contributed by atoms with Crippen molar-refractivity contribution < 1.29 is 19.6 Å². The third-order valence-corrected chi connectivity index (χ3v) is 5.02. The van der Waals surface area contributed by atoms with E-state index in [-0.39, 0.29) is 22.6 Å². The van der Waals surface area contributed by atoms with Gasteiger partial charge in [0.25, 0.3) is 5.91 Å². The van der Waals surface area contributed by atoms with E-state index in [1.807, 2.05) is 20.8 Å². The summed E-state index contributed by atoms with van der Waals surface area (Å²) in [6, 6.07) is 3.50. The minimum absolute atomic E-state index is 0.0854. The molecule has 1 aliphatic carbocycles. The lowest BCUT2D eigenvalue weighted by atomic mass is 9.56. The molecular weight excluding hydrogens is 288 g/mol. The Balaban J connectivity index is 2.15. The van der Waals surface area contributed by atoms with Crippen LogP contribution in [0.2, 0.25) is 0 Å². The van der Waals surface area contributed by atoms with Crippen molar-refractivity contribution >= 4 is 11.6 Å². The number of rotatable bonds is 4. The molecule has 7 nitrogen and oxygen atoms in total. The second-order valence-electron chi connectivity index (χ2n) is 6.35. The van der Waals surface area contributed by atoms with Crippen LogP contribution in [0.25, 0.3) is 0 Å². The molecule has 0 aromatic heterocycles. The molecule has 0 spiro atoms. The normalized spacial score (nSPS) is 26.1. The molecule has 22 heavy (non-hydrogen) atoms. The summed E-state index contributed by atoms with van der Waals surface area (Å²) in [6.45, 7) is 6.00. The zero-order valence-electron chi connectivity index (χ0n) is 13.0. The Hall–Kier alpha value is -2.15. The Kier molecular flexibility index (Phi) is 3.87. The topological polar surface area (TPSA) is 102 Å². The largest absolute Gasteiger partial charge is 0.502 e. The third kappa shape index (κ3) is 2.41. The van der Waals surface area contributed by atoms with Gasteiger partial charge in [-0.25, -0.2) is 0 Å². The number of nitrogens with zero attached hydrogens (tertiary/aromatic N) is 1. The minimum atomic E-state index is -0.721. The van der Waals surface area contributed by atoms with Gasteiger partial charge in [0.15, 0.2) is 5.75 Å². The number of phenols is 1. The van der Waals surface area contributed by atoms with Crippen LogP contribution in [0.1, 0.15) is 37.6 Å². The van der Waals surface area contributed by atoms with E-state index in [2.05, 4.69) is 5.32 Å². The first-order chi connectivity index (χ1) is 10.1. The number of nitrogens with one attached hydrogen (secondary N) is 1. The Morgan fingerprint density at radius 1 is 1.45 bits per heavy atom. The zero-order valence-corrected chi connectivity index (χ0v) is 13.0. The van der Waals surface area contributed by atoms with Gasteiger partial charge in [-0.15, -0.1) is 0 Å². The third-order valence-electron chi connectivity index (χ3n) is 5.02. The average Bonchev–Trinajstić information content (AvgIpc) is 2.46. The van der Waals surface area contributed by atoms with Gasteiger partial charge in [-0.05, 0) is 25.5 Å². The number of methoxy groups -OCH3 is 1. The van der Waals surface area contributed by atoms with E-state index in [0.29, 0.717) is 6.42 Å². The molecule has 120 valence electrons. The molecule has 1 amide bonds. The van der Waals surface area contributed by atoms with E-state index in [1.54, 1.807) is 7.11 Å². The maximum Gasteiger partial charge on any atom is 0.311 e. The Labute approximate surface area is 128 Å². The molecule has 2 N–H and O–H groups in total. The summed E-state index contributed by atoms with van der Waals surface area (Å²) in [7, 11) is 1.64. The van der Waals surface area contributed by atoms with Crippen molar-refractivity contribution in [2.24, 2.45) is 5.41 Å². The summed E-state index contributed by atoms with van der Waals surface area (Å²) in [5.74, 6) is -0.864. The van der Waals surface area contributed by atoms with Crippen LogP contribution in [0.3, 0.4) is 0 Å². The lowest BCUT2D eigenvalue weighted by Crippen LogP contribution is -2.68. The Morgan fingerprint density at radius 2 is 2.09 bits per heavy atom. The SMILES string of the molecule is COC1(C)CC(NC(=O)c2ccc(O)c([N+](=O)[O-])c2)C1(C)C. The number of amides is 1. The lowest BCUT2D eigenvalue weighted by Gasteiger charge is -2.59. The zero-order chi connectivity index (χ0) is 16.7. The number of ether oxygens (including phenoxy) is 1. The molecule has 1 aromatic rings. The van der Waals surface area contributed by atoms with Gasteiger partial charge in [0.1, 0.15) is 0 Å². The van der Waals surface area contributed by atoms with Gasteiger partial charge in [0.05, 0.1) is 10.5 Å². The summed E-state index contributed by atoms with van der Waals surface area (Å²) < 4.78 is 5.50. The molecule has 1 saturated carbocycles. The van der Waals surface area contributed by atoms with Gasteiger partial charge in [0, 0.05) is 30.2 Å². The molecule has 1 aliphatic rings. The molecular formula is C15H20N2O5. The van der Waals surface area contributed by atoms with Crippen molar-refractivity contribution in [2.45, 2.75) is 38.8 Å². The van der Waals surface area contributed by atoms with Crippen molar-refractivity contribution in [3.05, 3.63) is 33.9 Å². The van der Waals surface area contributed by atoms with E-state index >= 15 is 0 Å². The van der Waals surface area contributed by atoms with Crippen LogP contribution in [-0.4, -0.2) is 34.7 Å². The molecule has 2 unspecified atom stereocenters. The van der Waals surface area contributed by atoms with Gasteiger partial charge in [-0.1, -0.05) is 13.8 Å². The molecule has 0 heterocycles. The molecule has 1 fully saturated rings. The van der Waals surface area contributed by atoms with E-state index in [0.717, 1.165) is 12.1 Å². The fourth-order valence-electron chi connectivity index (χ4n) is 2.78. The number of carbonyl (C=O) groups excluding carboxylic acids is 1. The summed E-state index contributed by atoms with van der Waals surface area (Å²) in [5.41, 5.74) is -0.903. The number of nitro groups is 1. The van der Waals surface area contributed by atoms with Crippen LogP contribution < -0.4 is 5.32 Å².